The molecule has 1 aliphatic heterocycles. The molecule has 6 nitrogen and oxygen atoms in total. The fourth-order valence-corrected chi connectivity index (χ4v) is 3.47. The highest BCUT2D eigenvalue weighted by Gasteiger charge is 2.27. The minimum atomic E-state index is -0.806. The van der Waals surface area contributed by atoms with E-state index in [-0.39, 0.29) is 17.7 Å². The summed E-state index contributed by atoms with van der Waals surface area (Å²) in [6.45, 7) is 0.842. The lowest BCUT2D eigenvalue weighted by molar-refractivity contribution is -0.143. The highest BCUT2D eigenvalue weighted by atomic mass is 79.9. The predicted octanol–water partition coefficient (Wildman–Crippen LogP) is 3.64. The van der Waals surface area contributed by atoms with Crippen LogP contribution < -0.4 is 5.32 Å². The second-order valence-electron chi connectivity index (χ2n) is 6.45. The van der Waals surface area contributed by atoms with E-state index in [1.807, 2.05) is 6.07 Å². The van der Waals surface area contributed by atoms with Gasteiger partial charge in [0.1, 0.15) is 0 Å². The number of carbonyl (C=O) groups excluding carboxylic acids is 2. The summed E-state index contributed by atoms with van der Waals surface area (Å²) in [7, 11) is 0. The molecule has 2 N–H and O–H groups in total. The molecule has 1 fully saturated rings. The minimum absolute atomic E-state index is 0.155. The molecule has 2 aromatic carbocycles. The number of piperidine rings is 1. The molecule has 1 saturated heterocycles. The summed E-state index contributed by atoms with van der Waals surface area (Å²) >= 11 is 3.34. The number of hydrogen-bond acceptors (Lipinski definition) is 3. The Morgan fingerprint density at radius 3 is 2.33 bits per heavy atom. The van der Waals surface area contributed by atoms with Crippen LogP contribution in [0.5, 0.6) is 0 Å². The molecule has 2 aromatic rings. The Morgan fingerprint density at radius 2 is 1.67 bits per heavy atom. The molecule has 1 aliphatic rings. The molecule has 0 aliphatic carbocycles. The Morgan fingerprint density at radius 1 is 1.00 bits per heavy atom. The number of nitrogens with one attached hydrogen (secondary N) is 1. The largest absolute Gasteiger partial charge is 0.481 e. The van der Waals surface area contributed by atoms with Crippen LogP contribution in [0.3, 0.4) is 0 Å². The first-order chi connectivity index (χ1) is 12.9. The van der Waals surface area contributed by atoms with Crippen molar-refractivity contribution in [2.45, 2.75) is 12.8 Å². The minimum Gasteiger partial charge on any atom is -0.481 e. The number of benzene rings is 2. The van der Waals surface area contributed by atoms with E-state index >= 15 is 0 Å². The van der Waals surface area contributed by atoms with E-state index in [1.165, 1.54) is 0 Å². The van der Waals surface area contributed by atoms with Crippen molar-refractivity contribution in [1.29, 1.82) is 0 Å². The van der Waals surface area contributed by atoms with Crippen molar-refractivity contribution < 1.29 is 19.5 Å². The number of rotatable bonds is 4. The number of likely N-dealkylation sites (tertiary alicyclic amines) is 1. The van der Waals surface area contributed by atoms with E-state index < -0.39 is 5.97 Å². The Bertz CT molecular complexity index is 876. The van der Waals surface area contributed by atoms with E-state index in [9.17, 15) is 14.4 Å². The van der Waals surface area contributed by atoms with Gasteiger partial charge in [-0.1, -0.05) is 28.1 Å². The van der Waals surface area contributed by atoms with Crippen LogP contribution in [0.2, 0.25) is 0 Å². The summed E-state index contributed by atoms with van der Waals surface area (Å²) in [4.78, 5) is 37.8. The van der Waals surface area contributed by atoms with Crippen LogP contribution in [0.15, 0.2) is 53.0 Å². The highest BCUT2D eigenvalue weighted by Crippen LogP contribution is 2.21. The van der Waals surface area contributed by atoms with Gasteiger partial charge < -0.3 is 15.3 Å². The standard InChI is InChI=1S/C20H19BrN2O4/c21-16-5-1-3-14(11-16)18(24)22-17-6-2-4-15(12-17)19(25)23-9-7-13(8-10-23)20(26)27/h1-6,11-13H,7-10H2,(H,22,24)(H,26,27). The van der Waals surface area contributed by atoms with Gasteiger partial charge in [0.25, 0.3) is 11.8 Å². The molecule has 0 bridgehead atoms. The van der Waals surface area contributed by atoms with Crippen molar-refractivity contribution in [2.75, 3.05) is 18.4 Å². The Kier molecular flexibility index (Phi) is 5.91. The maximum absolute atomic E-state index is 12.7. The topological polar surface area (TPSA) is 86.7 Å². The number of carbonyl (C=O) groups is 3. The smallest absolute Gasteiger partial charge is 0.306 e. The van der Waals surface area contributed by atoms with Crippen molar-refractivity contribution in [2.24, 2.45) is 5.92 Å². The Labute approximate surface area is 165 Å². The van der Waals surface area contributed by atoms with Crippen LogP contribution in [0, 0.1) is 5.92 Å². The lowest BCUT2D eigenvalue weighted by Gasteiger charge is -2.30. The molecular weight excluding hydrogens is 412 g/mol. The first-order valence-electron chi connectivity index (χ1n) is 8.63. The average molecular weight is 431 g/mol. The number of aliphatic carboxylic acids is 1. The van der Waals surface area contributed by atoms with Gasteiger partial charge in [-0.2, -0.15) is 0 Å². The normalized spacial score (nSPS) is 14.6. The zero-order valence-corrected chi connectivity index (χ0v) is 16.1. The number of halogens is 1. The Hall–Kier alpha value is -2.67. The first-order valence-corrected chi connectivity index (χ1v) is 9.42. The number of hydrogen-bond donors (Lipinski definition) is 2. The molecule has 27 heavy (non-hydrogen) atoms. The SMILES string of the molecule is O=C(Nc1cccc(C(=O)N2CCC(C(=O)O)CC2)c1)c1cccc(Br)c1. The van der Waals surface area contributed by atoms with Gasteiger partial charge in [0, 0.05) is 34.4 Å². The fraction of sp³-hybridized carbons (Fsp3) is 0.250. The van der Waals surface area contributed by atoms with Crippen LogP contribution >= 0.6 is 15.9 Å². The first kappa shape index (κ1) is 19.1. The van der Waals surface area contributed by atoms with Crippen molar-refractivity contribution in [3.8, 4) is 0 Å². The van der Waals surface area contributed by atoms with Gasteiger partial charge in [-0.3, -0.25) is 14.4 Å². The number of nitrogens with zero attached hydrogens (tertiary/aromatic N) is 1. The highest BCUT2D eigenvalue weighted by molar-refractivity contribution is 9.10. The third-order valence-electron chi connectivity index (χ3n) is 4.59. The molecule has 3 rings (SSSR count). The summed E-state index contributed by atoms with van der Waals surface area (Å²) in [5, 5.41) is 11.9. The van der Waals surface area contributed by atoms with E-state index in [0.29, 0.717) is 42.7 Å². The summed E-state index contributed by atoms with van der Waals surface area (Å²) in [6.07, 6.45) is 0.917. The van der Waals surface area contributed by atoms with Crippen molar-refractivity contribution >= 4 is 39.4 Å². The molecule has 140 valence electrons. The monoisotopic (exact) mass is 430 g/mol. The Balaban J connectivity index is 1.67. The van der Waals surface area contributed by atoms with Crippen molar-refractivity contribution in [3.63, 3.8) is 0 Å². The molecule has 2 amide bonds. The summed E-state index contributed by atoms with van der Waals surface area (Å²) in [6, 6.07) is 13.8. The summed E-state index contributed by atoms with van der Waals surface area (Å²) in [5.74, 6) is -1.61. The molecule has 7 heteroatoms. The van der Waals surface area contributed by atoms with E-state index in [2.05, 4.69) is 21.2 Å². The molecular formula is C20H19BrN2O4. The van der Waals surface area contributed by atoms with Crippen LogP contribution in [0.4, 0.5) is 5.69 Å². The van der Waals surface area contributed by atoms with Crippen LogP contribution in [-0.4, -0.2) is 40.9 Å². The summed E-state index contributed by atoms with van der Waals surface area (Å²) in [5.41, 5.74) is 1.51. The van der Waals surface area contributed by atoms with Crippen LogP contribution in [0.1, 0.15) is 33.6 Å². The lowest BCUT2D eigenvalue weighted by Crippen LogP contribution is -2.40. The molecule has 0 aromatic heterocycles. The maximum atomic E-state index is 12.7. The molecule has 0 radical (unpaired) electrons. The number of carboxylic acid groups (broad SMARTS) is 1. The predicted molar refractivity (Wildman–Crippen MR) is 105 cm³/mol. The lowest BCUT2D eigenvalue weighted by atomic mass is 9.96. The van der Waals surface area contributed by atoms with Gasteiger partial charge in [-0.05, 0) is 49.2 Å². The van der Waals surface area contributed by atoms with Crippen LogP contribution in [-0.2, 0) is 4.79 Å². The van der Waals surface area contributed by atoms with E-state index in [1.54, 1.807) is 47.4 Å². The maximum Gasteiger partial charge on any atom is 0.306 e. The molecule has 0 saturated carbocycles. The van der Waals surface area contributed by atoms with E-state index in [0.717, 1.165) is 4.47 Å². The number of carboxylic acids is 1. The third kappa shape index (κ3) is 4.74. The molecule has 1 heterocycles. The zero-order valence-electron chi connectivity index (χ0n) is 14.5. The van der Waals surface area contributed by atoms with Crippen LogP contribution in [0.25, 0.3) is 0 Å². The quantitative estimate of drug-likeness (QED) is 0.774. The second-order valence-corrected chi connectivity index (χ2v) is 7.37. The van der Waals surface area contributed by atoms with Gasteiger partial charge >= 0.3 is 5.97 Å². The molecule has 0 unspecified atom stereocenters. The van der Waals surface area contributed by atoms with E-state index in [4.69, 9.17) is 5.11 Å². The second kappa shape index (κ2) is 8.35. The number of anilines is 1. The average Bonchev–Trinajstić information content (AvgIpc) is 2.67. The van der Waals surface area contributed by atoms with Gasteiger partial charge in [0.2, 0.25) is 0 Å². The van der Waals surface area contributed by atoms with Gasteiger partial charge in [-0.25, -0.2) is 0 Å². The van der Waals surface area contributed by atoms with Crippen molar-refractivity contribution in [3.05, 3.63) is 64.1 Å². The summed E-state index contributed by atoms with van der Waals surface area (Å²) < 4.78 is 0.809. The van der Waals surface area contributed by atoms with Gasteiger partial charge in [-0.15, -0.1) is 0 Å². The van der Waals surface area contributed by atoms with Gasteiger partial charge in [0.15, 0.2) is 0 Å². The van der Waals surface area contributed by atoms with Gasteiger partial charge in [0.05, 0.1) is 5.92 Å². The van der Waals surface area contributed by atoms with Crippen molar-refractivity contribution in [1.82, 2.24) is 4.90 Å². The molecule has 0 atom stereocenters. The molecule has 0 spiro atoms. The number of amides is 2. The fourth-order valence-electron chi connectivity index (χ4n) is 3.08. The zero-order chi connectivity index (χ0) is 19.4. The third-order valence-corrected chi connectivity index (χ3v) is 5.08.